The number of methoxy groups -OCH3 is 1. The molecule has 0 bridgehead atoms. The van der Waals surface area contributed by atoms with Crippen molar-refractivity contribution in [2.24, 2.45) is 0 Å². The molecule has 0 saturated carbocycles. The number of ether oxygens (including phenoxy) is 2. The fourth-order valence-electron chi connectivity index (χ4n) is 1.59. The van der Waals surface area contributed by atoms with Gasteiger partial charge in [-0.2, -0.15) is 0 Å². The summed E-state index contributed by atoms with van der Waals surface area (Å²) in [6.07, 6.45) is 0. The highest BCUT2D eigenvalue weighted by Crippen LogP contribution is 2.27. The maximum Gasteiger partial charge on any atom is 0.161 e. The number of rotatable bonds is 4. The summed E-state index contributed by atoms with van der Waals surface area (Å²) in [6.45, 7) is 0.288. The molecule has 0 aliphatic rings. The van der Waals surface area contributed by atoms with E-state index in [1.807, 2.05) is 30.3 Å². The highest BCUT2D eigenvalue weighted by atomic mass is 79.9. The maximum absolute atomic E-state index is 13.2. The van der Waals surface area contributed by atoms with Gasteiger partial charge in [-0.15, -0.1) is 0 Å². The number of benzene rings is 2. The van der Waals surface area contributed by atoms with Gasteiger partial charge in [-0.25, -0.2) is 4.39 Å². The summed E-state index contributed by atoms with van der Waals surface area (Å²) in [4.78, 5) is 0. The van der Waals surface area contributed by atoms with Crippen molar-refractivity contribution in [2.75, 3.05) is 7.11 Å². The van der Waals surface area contributed by atoms with E-state index >= 15 is 0 Å². The van der Waals surface area contributed by atoms with Crippen LogP contribution in [0.1, 0.15) is 5.56 Å². The van der Waals surface area contributed by atoms with E-state index in [0.717, 1.165) is 5.56 Å². The number of hydrogen-bond donors (Lipinski definition) is 0. The van der Waals surface area contributed by atoms with Crippen LogP contribution in [0.3, 0.4) is 0 Å². The molecule has 4 heteroatoms. The summed E-state index contributed by atoms with van der Waals surface area (Å²) < 4.78 is 24.7. The Kier molecular flexibility index (Phi) is 4.20. The van der Waals surface area contributed by atoms with E-state index in [1.165, 1.54) is 12.1 Å². The molecule has 0 spiro atoms. The Hall–Kier alpha value is -1.55. The Bertz CT molecular complexity index is 523. The lowest BCUT2D eigenvalue weighted by Crippen LogP contribution is -1.98. The lowest BCUT2D eigenvalue weighted by molar-refractivity contribution is 0.284. The van der Waals surface area contributed by atoms with Gasteiger partial charge in [0, 0.05) is 4.47 Å². The molecule has 2 nitrogen and oxygen atoms in total. The first-order valence-corrected chi connectivity index (χ1v) is 6.19. The van der Waals surface area contributed by atoms with Crippen LogP contribution in [0.4, 0.5) is 4.39 Å². The summed E-state index contributed by atoms with van der Waals surface area (Å²) >= 11 is 3.25. The highest BCUT2D eigenvalue weighted by Gasteiger charge is 2.04. The third-order valence-corrected chi connectivity index (χ3v) is 2.84. The van der Waals surface area contributed by atoms with Crippen molar-refractivity contribution in [2.45, 2.75) is 6.61 Å². The van der Waals surface area contributed by atoms with E-state index in [0.29, 0.717) is 16.0 Å². The zero-order valence-corrected chi connectivity index (χ0v) is 11.4. The van der Waals surface area contributed by atoms with Crippen molar-refractivity contribution in [1.29, 1.82) is 0 Å². The van der Waals surface area contributed by atoms with Gasteiger partial charge in [-0.3, -0.25) is 0 Å². The molecule has 0 N–H and O–H groups in total. The topological polar surface area (TPSA) is 18.5 Å². The largest absolute Gasteiger partial charge is 0.493 e. The molecular weight excluding hydrogens is 299 g/mol. The van der Waals surface area contributed by atoms with Crippen molar-refractivity contribution in [3.8, 4) is 11.5 Å². The zero-order chi connectivity index (χ0) is 13.0. The Morgan fingerprint density at radius 1 is 1.11 bits per heavy atom. The van der Waals surface area contributed by atoms with Gasteiger partial charge in [-0.05, 0) is 35.9 Å². The average molecular weight is 311 g/mol. The van der Waals surface area contributed by atoms with Crippen LogP contribution in [0.5, 0.6) is 11.5 Å². The van der Waals surface area contributed by atoms with Crippen LogP contribution in [0.15, 0.2) is 46.9 Å². The van der Waals surface area contributed by atoms with Gasteiger partial charge in [-0.1, -0.05) is 28.1 Å². The Labute approximate surface area is 113 Å². The molecule has 0 radical (unpaired) electrons. The first-order valence-electron chi connectivity index (χ1n) is 5.40. The third kappa shape index (κ3) is 3.23. The van der Waals surface area contributed by atoms with Crippen molar-refractivity contribution in [3.63, 3.8) is 0 Å². The van der Waals surface area contributed by atoms with E-state index in [2.05, 4.69) is 15.9 Å². The molecule has 2 aromatic carbocycles. The standard InChI is InChI=1S/C14H12BrFO2/c1-17-13-4-2-3-5-14(13)18-9-10-6-11(15)8-12(16)7-10/h2-8H,9H2,1H3. The lowest BCUT2D eigenvalue weighted by Gasteiger charge is -2.10. The minimum absolute atomic E-state index is 0.288. The van der Waals surface area contributed by atoms with Gasteiger partial charge < -0.3 is 9.47 Å². The smallest absolute Gasteiger partial charge is 0.161 e. The monoisotopic (exact) mass is 310 g/mol. The molecule has 18 heavy (non-hydrogen) atoms. The highest BCUT2D eigenvalue weighted by molar-refractivity contribution is 9.10. The van der Waals surface area contributed by atoms with E-state index in [9.17, 15) is 4.39 Å². The van der Waals surface area contributed by atoms with Crippen LogP contribution in [0.2, 0.25) is 0 Å². The second-order valence-electron chi connectivity index (χ2n) is 3.72. The van der Waals surface area contributed by atoms with E-state index in [-0.39, 0.29) is 12.4 Å². The second-order valence-corrected chi connectivity index (χ2v) is 4.63. The molecule has 0 amide bonds. The van der Waals surface area contributed by atoms with Crippen LogP contribution in [0.25, 0.3) is 0 Å². The quantitative estimate of drug-likeness (QED) is 0.843. The minimum atomic E-state index is -0.289. The van der Waals surface area contributed by atoms with Crippen molar-refractivity contribution < 1.29 is 13.9 Å². The van der Waals surface area contributed by atoms with Gasteiger partial charge in [0.15, 0.2) is 11.5 Å². The van der Waals surface area contributed by atoms with Gasteiger partial charge in [0.2, 0.25) is 0 Å². The van der Waals surface area contributed by atoms with Crippen molar-refractivity contribution in [1.82, 2.24) is 0 Å². The van der Waals surface area contributed by atoms with E-state index < -0.39 is 0 Å². The molecule has 0 fully saturated rings. The minimum Gasteiger partial charge on any atom is -0.493 e. The van der Waals surface area contributed by atoms with Gasteiger partial charge in [0.1, 0.15) is 12.4 Å². The molecule has 0 unspecified atom stereocenters. The normalized spacial score (nSPS) is 10.2. The molecule has 0 atom stereocenters. The summed E-state index contributed by atoms with van der Waals surface area (Å²) in [5.41, 5.74) is 0.757. The van der Waals surface area contributed by atoms with Crippen molar-refractivity contribution >= 4 is 15.9 Å². The molecule has 0 aromatic heterocycles. The number of para-hydroxylation sites is 2. The second kappa shape index (κ2) is 5.87. The predicted octanol–water partition coefficient (Wildman–Crippen LogP) is 4.18. The van der Waals surface area contributed by atoms with Gasteiger partial charge in [0.05, 0.1) is 7.11 Å². The third-order valence-electron chi connectivity index (χ3n) is 2.39. The van der Waals surface area contributed by atoms with Crippen LogP contribution in [-0.4, -0.2) is 7.11 Å². The summed E-state index contributed by atoms with van der Waals surface area (Å²) in [5, 5.41) is 0. The lowest BCUT2D eigenvalue weighted by atomic mass is 10.2. The molecule has 2 aromatic rings. The number of halogens is 2. The molecule has 94 valence electrons. The fourth-order valence-corrected chi connectivity index (χ4v) is 2.11. The van der Waals surface area contributed by atoms with Crippen LogP contribution in [-0.2, 0) is 6.61 Å². The molecule has 0 heterocycles. The summed E-state index contributed by atoms with van der Waals surface area (Å²) in [6, 6.07) is 12.0. The predicted molar refractivity (Wildman–Crippen MR) is 71.4 cm³/mol. The molecule has 0 aliphatic carbocycles. The van der Waals surface area contributed by atoms with Crippen LogP contribution in [0, 0.1) is 5.82 Å². The SMILES string of the molecule is COc1ccccc1OCc1cc(F)cc(Br)c1. The van der Waals surface area contributed by atoms with E-state index in [4.69, 9.17) is 9.47 Å². The molecule has 0 saturated heterocycles. The van der Waals surface area contributed by atoms with Crippen molar-refractivity contribution in [3.05, 3.63) is 58.3 Å². The Morgan fingerprint density at radius 3 is 2.50 bits per heavy atom. The van der Waals surface area contributed by atoms with Crippen LogP contribution >= 0.6 is 15.9 Å². The zero-order valence-electron chi connectivity index (χ0n) is 9.82. The Balaban J connectivity index is 2.11. The molecule has 0 aliphatic heterocycles. The number of hydrogen-bond acceptors (Lipinski definition) is 2. The van der Waals surface area contributed by atoms with Gasteiger partial charge >= 0.3 is 0 Å². The van der Waals surface area contributed by atoms with E-state index in [1.54, 1.807) is 7.11 Å². The summed E-state index contributed by atoms with van der Waals surface area (Å²) in [7, 11) is 1.58. The van der Waals surface area contributed by atoms with Gasteiger partial charge in [0.25, 0.3) is 0 Å². The Morgan fingerprint density at radius 2 is 1.83 bits per heavy atom. The first kappa shape index (κ1) is 12.9. The summed E-state index contributed by atoms with van der Waals surface area (Å²) in [5.74, 6) is 1.01. The van der Waals surface area contributed by atoms with Crippen LogP contribution < -0.4 is 9.47 Å². The molecule has 2 rings (SSSR count). The first-order chi connectivity index (χ1) is 8.69. The molecular formula is C14H12BrFO2. The average Bonchev–Trinajstić information content (AvgIpc) is 2.35. The maximum atomic E-state index is 13.2. The fraction of sp³-hybridized carbons (Fsp3) is 0.143.